The summed E-state index contributed by atoms with van der Waals surface area (Å²) in [6, 6.07) is 0. The normalized spacial score (nSPS) is 12.6. The second-order valence-corrected chi connectivity index (χ2v) is 6.00. The molecule has 19 heavy (non-hydrogen) atoms. The van der Waals surface area contributed by atoms with Gasteiger partial charge in [0.25, 0.3) is 0 Å². The lowest BCUT2D eigenvalue weighted by molar-refractivity contribution is 0.0378. The van der Waals surface area contributed by atoms with Crippen molar-refractivity contribution in [1.29, 1.82) is 0 Å². The Morgan fingerprint density at radius 1 is 1.32 bits per heavy atom. The Morgan fingerprint density at radius 2 is 1.95 bits per heavy atom. The van der Waals surface area contributed by atoms with Gasteiger partial charge in [0.05, 0.1) is 19.8 Å². The van der Waals surface area contributed by atoms with Crippen LogP contribution in [0.1, 0.15) is 32.5 Å². The lowest BCUT2D eigenvalue weighted by Crippen LogP contribution is -2.38. The number of aromatic nitrogens is 2. The van der Waals surface area contributed by atoms with Crippen LogP contribution >= 0.6 is 0 Å². The monoisotopic (exact) mass is 271 g/mol. The third-order valence-electron chi connectivity index (χ3n) is 2.92. The second kappa shape index (κ2) is 6.98. The Labute approximate surface area is 114 Å². The molecular weight excluding hydrogens is 246 g/mol. The molecule has 0 bridgehead atoms. The molecule has 6 heteroatoms. The van der Waals surface area contributed by atoms with Crippen molar-refractivity contribution in [3.63, 3.8) is 0 Å². The molecule has 0 aliphatic carbocycles. The van der Waals surface area contributed by atoms with Crippen molar-refractivity contribution in [1.82, 2.24) is 15.0 Å². The summed E-state index contributed by atoms with van der Waals surface area (Å²) in [6.07, 6.45) is 0.804. The molecule has 0 atom stereocenters. The molecule has 0 radical (unpaired) electrons. The van der Waals surface area contributed by atoms with Gasteiger partial charge in [0, 0.05) is 18.4 Å². The molecule has 0 aliphatic heterocycles. The number of aliphatic hydroxyl groups is 2. The zero-order valence-electron chi connectivity index (χ0n) is 12.3. The molecule has 0 aliphatic rings. The average molecular weight is 271 g/mol. The summed E-state index contributed by atoms with van der Waals surface area (Å²) in [5.41, 5.74) is -0.518. The van der Waals surface area contributed by atoms with Gasteiger partial charge in [0.15, 0.2) is 5.82 Å². The van der Waals surface area contributed by atoms with Crippen molar-refractivity contribution in [2.45, 2.75) is 33.7 Å². The third kappa shape index (κ3) is 5.26. The molecule has 1 rings (SSSR count). The summed E-state index contributed by atoms with van der Waals surface area (Å²) in [5.74, 6) is 1.79. The van der Waals surface area contributed by atoms with Gasteiger partial charge >= 0.3 is 0 Å². The number of rotatable bonds is 8. The van der Waals surface area contributed by atoms with E-state index in [1.807, 2.05) is 18.9 Å². The van der Waals surface area contributed by atoms with Crippen LogP contribution in [0.25, 0.3) is 0 Å². The summed E-state index contributed by atoms with van der Waals surface area (Å²) in [5, 5.41) is 22.5. The van der Waals surface area contributed by atoms with Crippen molar-refractivity contribution in [2.75, 3.05) is 26.8 Å². The van der Waals surface area contributed by atoms with Crippen LogP contribution in [0.4, 0.5) is 0 Å². The molecule has 6 nitrogen and oxygen atoms in total. The maximum atomic E-state index is 9.27. The van der Waals surface area contributed by atoms with Gasteiger partial charge in [-0.05, 0) is 13.0 Å². The van der Waals surface area contributed by atoms with Crippen LogP contribution in [-0.2, 0) is 13.0 Å². The number of aliphatic hydroxyl groups excluding tert-OH is 2. The van der Waals surface area contributed by atoms with Gasteiger partial charge in [-0.25, -0.2) is 0 Å². The summed E-state index contributed by atoms with van der Waals surface area (Å²) in [6.45, 7) is 7.00. The van der Waals surface area contributed by atoms with Crippen LogP contribution in [0, 0.1) is 11.3 Å². The molecule has 0 spiro atoms. The van der Waals surface area contributed by atoms with E-state index in [1.54, 1.807) is 0 Å². The Morgan fingerprint density at radius 3 is 2.47 bits per heavy atom. The van der Waals surface area contributed by atoms with Gasteiger partial charge in [0.1, 0.15) is 0 Å². The lowest BCUT2D eigenvalue weighted by Gasteiger charge is -2.29. The SMILES string of the molecule is CC(C)Cc1noc(CN(C)CC(C)(CO)CO)n1. The molecule has 1 heterocycles. The summed E-state index contributed by atoms with van der Waals surface area (Å²) >= 11 is 0. The molecule has 0 unspecified atom stereocenters. The maximum absolute atomic E-state index is 9.27. The average Bonchev–Trinajstić information content (AvgIpc) is 2.75. The molecule has 110 valence electrons. The minimum atomic E-state index is -0.518. The predicted molar refractivity (Wildman–Crippen MR) is 71.5 cm³/mol. The van der Waals surface area contributed by atoms with E-state index in [0.717, 1.165) is 12.2 Å². The lowest BCUT2D eigenvalue weighted by atomic mass is 9.92. The minimum absolute atomic E-state index is 0.0593. The highest BCUT2D eigenvalue weighted by Crippen LogP contribution is 2.16. The fourth-order valence-electron chi connectivity index (χ4n) is 1.89. The van der Waals surface area contributed by atoms with Gasteiger partial charge in [-0.15, -0.1) is 0 Å². The first-order valence-electron chi connectivity index (χ1n) is 6.60. The first-order chi connectivity index (χ1) is 8.88. The highest BCUT2D eigenvalue weighted by Gasteiger charge is 2.25. The van der Waals surface area contributed by atoms with E-state index in [1.165, 1.54) is 0 Å². The van der Waals surface area contributed by atoms with Crippen molar-refractivity contribution >= 4 is 0 Å². The predicted octanol–water partition coefficient (Wildman–Crippen LogP) is 0.691. The quantitative estimate of drug-likeness (QED) is 0.724. The van der Waals surface area contributed by atoms with E-state index in [9.17, 15) is 10.2 Å². The Balaban J connectivity index is 2.52. The molecule has 1 aromatic rings. The van der Waals surface area contributed by atoms with Crippen LogP contribution in [0.15, 0.2) is 4.52 Å². The van der Waals surface area contributed by atoms with E-state index < -0.39 is 5.41 Å². The van der Waals surface area contributed by atoms with E-state index >= 15 is 0 Å². The molecule has 0 saturated carbocycles. The van der Waals surface area contributed by atoms with E-state index in [2.05, 4.69) is 24.0 Å². The molecule has 0 amide bonds. The molecule has 0 saturated heterocycles. The molecule has 0 aromatic carbocycles. The van der Waals surface area contributed by atoms with E-state index in [4.69, 9.17) is 4.52 Å². The highest BCUT2D eigenvalue weighted by molar-refractivity contribution is 4.88. The number of nitrogens with zero attached hydrogens (tertiary/aromatic N) is 3. The number of hydrogen-bond donors (Lipinski definition) is 2. The standard InChI is InChI=1S/C13H25N3O3/c1-10(2)5-11-14-12(19-15-11)6-16(4)7-13(3,8-17)9-18/h10,17-18H,5-9H2,1-4H3. The maximum Gasteiger partial charge on any atom is 0.240 e. The van der Waals surface area contributed by atoms with Crippen molar-refractivity contribution < 1.29 is 14.7 Å². The summed E-state index contributed by atoms with van der Waals surface area (Å²) in [4.78, 5) is 6.29. The van der Waals surface area contributed by atoms with Crippen LogP contribution in [-0.4, -0.2) is 52.1 Å². The topological polar surface area (TPSA) is 82.6 Å². The van der Waals surface area contributed by atoms with Gasteiger partial charge in [-0.3, -0.25) is 4.90 Å². The Hall–Kier alpha value is -0.980. The van der Waals surface area contributed by atoms with Crippen LogP contribution in [0.5, 0.6) is 0 Å². The van der Waals surface area contributed by atoms with Gasteiger partial charge in [0.2, 0.25) is 5.89 Å². The fraction of sp³-hybridized carbons (Fsp3) is 0.846. The van der Waals surface area contributed by atoms with Crippen molar-refractivity contribution in [3.05, 3.63) is 11.7 Å². The second-order valence-electron chi connectivity index (χ2n) is 6.00. The summed E-state index contributed by atoms with van der Waals surface area (Å²) < 4.78 is 5.19. The largest absolute Gasteiger partial charge is 0.396 e. The first kappa shape index (κ1) is 16.1. The Kier molecular flexibility index (Phi) is 5.90. The fourth-order valence-corrected chi connectivity index (χ4v) is 1.89. The first-order valence-corrected chi connectivity index (χ1v) is 6.60. The smallest absolute Gasteiger partial charge is 0.240 e. The highest BCUT2D eigenvalue weighted by atomic mass is 16.5. The van der Waals surface area contributed by atoms with Gasteiger partial charge < -0.3 is 14.7 Å². The molecular formula is C13H25N3O3. The zero-order valence-corrected chi connectivity index (χ0v) is 12.3. The zero-order chi connectivity index (χ0) is 14.5. The Bertz CT molecular complexity index is 375. The summed E-state index contributed by atoms with van der Waals surface area (Å²) in [7, 11) is 1.90. The molecule has 1 aromatic heterocycles. The van der Waals surface area contributed by atoms with Crippen molar-refractivity contribution in [2.24, 2.45) is 11.3 Å². The molecule has 2 N–H and O–H groups in total. The van der Waals surface area contributed by atoms with Crippen LogP contribution < -0.4 is 0 Å². The van der Waals surface area contributed by atoms with Gasteiger partial charge in [-0.1, -0.05) is 25.9 Å². The van der Waals surface area contributed by atoms with Crippen LogP contribution in [0.3, 0.4) is 0 Å². The van der Waals surface area contributed by atoms with Crippen LogP contribution in [0.2, 0.25) is 0 Å². The van der Waals surface area contributed by atoms with Gasteiger partial charge in [-0.2, -0.15) is 4.98 Å². The third-order valence-corrected chi connectivity index (χ3v) is 2.92. The molecule has 0 fully saturated rings. The van der Waals surface area contributed by atoms with E-state index in [0.29, 0.717) is 24.9 Å². The number of hydrogen-bond acceptors (Lipinski definition) is 6. The van der Waals surface area contributed by atoms with E-state index in [-0.39, 0.29) is 13.2 Å². The minimum Gasteiger partial charge on any atom is -0.396 e. The van der Waals surface area contributed by atoms with Crippen molar-refractivity contribution in [3.8, 4) is 0 Å².